The molecule has 4 nitrogen and oxygen atoms in total. The summed E-state index contributed by atoms with van der Waals surface area (Å²) in [5.74, 6) is 2.04. The SMILES string of the molecule is c1ccc(CN2CCCC[C@H]2c2nncn2CC2CC2)cc1. The normalized spacial score (nSPS) is 22.8. The molecular formula is C18H24N4. The Kier molecular flexibility index (Phi) is 3.94. The molecule has 1 aromatic carbocycles. The average molecular weight is 296 g/mol. The molecule has 0 spiro atoms. The first-order valence-corrected chi connectivity index (χ1v) is 8.56. The van der Waals surface area contributed by atoms with Crippen molar-refractivity contribution >= 4 is 0 Å². The minimum absolute atomic E-state index is 0.426. The number of nitrogens with zero attached hydrogens (tertiary/aromatic N) is 4. The lowest BCUT2D eigenvalue weighted by molar-refractivity contribution is 0.130. The van der Waals surface area contributed by atoms with E-state index >= 15 is 0 Å². The summed E-state index contributed by atoms with van der Waals surface area (Å²) in [6, 6.07) is 11.2. The van der Waals surface area contributed by atoms with Gasteiger partial charge in [0.15, 0.2) is 0 Å². The largest absolute Gasteiger partial charge is 0.316 e. The lowest BCUT2D eigenvalue weighted by Crippen LogP contribution is -2.34. The highest BCUT2D eigenvalue weighted by Crippen LogP contribution is 2.34. The number of aromatic nitrogens is 3. The summed E-state index contributed by atoms with van der Waals surface area (Å²) in [5.41, 5.74) is 1.39. The van der Waals surface area contributed by atoms with Crippen molar-refractivity contribution < 1.29 is 0 Å². The van der Waals surface area contributed by atoms with Crippen molar-refractivity contribution in [2.75, 3.05) is 6.54 Å². The first-order chi connectivity index (χ1) is 10.9. The van der Waals surface area contributed by atoms with Gasteiger partial charge in [0, 0.05) is 13.1 Å². The van der Waals surface area contributed by atoms with Gasteiger partial charge in [-0.2, -0.15) is 0 Å². The summed E-state index contributed by atoms with van der Waals surface area (Å²) in [5, 5.41) is 8.69. The van der Waals surface area contributed by atoms with Crippen molar-refractivity contribution in [1.29, 1.82) is 0 Å². The van der Waals surface area contributed by atoms with E-state index in [0.717, 1.165) is 25.6 Å². The third kappa shape index (κ3) is 3.07. The van der Waals surface area contributed by atoms with Gasteiger partial charge in [-0.15, -0.1) is 10.2 Å². The molecule has 116 valence electrons. The Hall–Kier alpha value is -1.68. The van der Waals surface area contributed by atoms with Crippen molar-refractivity contribution in [1.82, 2.24) is 19.7 Å². The summed E-state index contributed by atoms with van der Waals surface area (Å²) in [6.45, 7) is 3.29. The van der Waals surface area contributed by atoms with Crippen molar-refractivity contribution in [3.8, 4) is 0 Å². The van der Waals surface area contributed by atoms with Gasteiger partial charge in [0.25, 0.3) is 0 Å². The van der Waals surface area contributed by atoms with Gasteiger partial charge in [0.05, 0.1) is 6.04 Å². The molecule has 1 aliphatic heterocycles. The van der Waals surface area contributed by atoms with Gasteiger partial charge in [-0.05, 0) is 43.7 Å². The van der Waals surface area contributed by atoms with Crippen LogP contribution < -0.4 is 0 Å². The van der Waals surface area contributed by atoms with E-state index in [0.29, 0.717) is 6.04 Å². The Morgan fingerprint density at radius 3 is 2.73 bits per heavy atom. The third-order valence-corrected chi connectivity index (χ3v) is 4.94. The average Bonchev–Trinajstić information content (AvgIpc) is 3.25. The maximum Gasteiger partial charge on any atom is 0.150 e. The molecule has 1 saturated heterocycles. The molecule has 4 heteroatoms. The van der Waals surface area contributed by atoms with E-state index in [1.807, 2.05) is 6.33 Å². The molecule has 0 unspecified atom stereocenters. The van der Waals surface area contributed by atoms with Crippen LogP contribution in [0.2, 0.25) is 0 Å². The summed E-state index contributed by atoms with van der Waals surface area (Å²) in [6.07, 6.45) is 8.47. The highest BCUT2D eigenvalue weighted by Gasteiger charge is 2.30. The number of likely N-dealkylation sites (tertiary alicyclic amines) is 1. The number of benzene rings is 1. The smallest absolute Gasteiger partial charge is 0.150 e. The second kappa shape index (κ2) is 6.21. The van der Waals surface area contributed by atoms with E-state index in [-0.39, 0.29) is 0 Å². The van der Waals surface area contributed by atoms with E-state index in [9.17, 15) is 0 Å². The fourth-order valence-corrected chi connectivity index (χ4v) is 3.53. The van der Waals surface area contributed by atoms with Crippen LogP contribution in [0.25, 0.3) is 0 Å². The molecule has 0 amide bonds. The van der Waals surface area contributed by atoms with E-state index < -0.39 is 0 Å². The molecule has 1 aliphatic carbocycles. The van der Waals surface area contributed by atoms with Crippen LogP contribution >= 0.6 is 0 Å². The molecule has 22 heavy (non-hydrogen) atoms. The van der Waals surface area contributed by atoms with E-state index in [2.05, 4.69) is 50.0 Å². The molecule has 0 radical (unpaired) electrons. The maximum absolute atomic E-state index is 4.48. The van der Waals surface area contributed by atoms with Gasteiger partial charge in [0.2, 0.25) is 0 Å². The molecule has 1 aromatic heterocycles. The van der Waals surface area contributed by atoms with Gasteiger partial charge in [0.1, 0.15) is 12.2 Å². The van der Waals surface area contributed by atoms with Crippen LogP contribution in [0.15, 0.2) is 36.7 Å². The van der Waals surface area contributed by atoms with Crippen molar-refractivity contribution in [3.05, 3.63) is 48.0 Å². The maximum atomic E-state index is 4.48. The van der Waals surface area contributed by atoms with Gasteiger partial charge < -0.3 is 4.57 Å². The predicted molar refractivity (Wildman–Crippen MR) is 86.2 cm³/mol. The van der Waals surface area contributed by atoms with Crippen molar-refractivity contribution in [2.45, 2.75) is 51.2 Å². The Morgan fingerprint density at radius 2 is 1.91 bits per heavy atom. The number of rotatable bonds is 5. The lowest BCUT2D eigenvalue weighted by atomic mass is 10.0. The summed E-state index contributed by atoms with van der Waals surface area (Å²) >= 11 is 0. The predicted octanol–water partition coefficient (Wildman–Crippen LogP) is 3.42. The topological polar surface area (TPSA) is 34.0 Å². The zero-order valence-corrected chi connectivity index (χ0v) is 13.1. The molecule has 2 fully saturated rings. The fourth-order valence-electron chi connectivity index (χ4n) is 3.53. The quantitative estimate of drug-likeness (QED) is 0.848. The minimum Gasteiger partial charge on any atom is -0.316 e. The first kappa shape index (κ1) is 13.9. The third-order valence-electron chi connectivity index (χ3n) is 4.94. The molecule has 2 aromatic rings. The van der Waals surface area contributed by atoms with Gasteiger partial charge >= 0.3 is 0 Å². The number of hydrogen-bond acceptors (Lipinski definition) is 3. The molecule has 2 heterocycles. The van der Waals surface area contributed by atoms with Crippen LogP contribution in [-0.4, -0.2) is 26.2 Å². The molecule has 0 N–H and O–H groups in total. The van der Waals surface area contributed by atoms with Crippen molar-refractivity contribution in [2.24, 2.45) is 5.92 Å². The summed E-state index contributed by atoms with van der Waals surface area (Å²) < 4.78 is 2.31. The van der Waals surface area contributed by atoms with Gasteiger partial charge in [-0.1, -0.05) is 36.8 Å². The van der Waals surface area contributed by atoms with Crippen molar-refractivity contribution in [3.63, 3.8) is 0 Å². The van der Waals surface area contributed by atoms with E-state index in [1.165, 1.54) is 43.5 Å². The Morgan fingerprint density at radius 1 is 1.05 bits per heavy atom. The Balaban J connectivity index is 1.54. The molecule has 2 aliphatic rings. The van der Waals surface area contributed by atoms with Gasteiger partial charge in [-0.3, -0.25) is 4.90 Å². The Bertz CT molecular complexity index is 603. The highest BCUT2D eigenvalue weighted by atomic mass is 15.3. The molecule has 1 atom stereocenters. The van der Waals surface area contributed by atoms with Gasteiger partial charge in [-0.25, -0.2) is 0 Å². The summed E-state index contributed by atoms with van der Waals surface area (Å²) in [7, 11) is 0. The molecule has 4 rings (SSSR count). The fraction of sp³-hybridized carbons (Fsp3) is 0.556. The monoisotopic (exact) mass is 296 g/mol. The van der Waals surface area contributed by atoms with Crippen LogP contribution in [0, 0.1) is 5.92 Å². The molecule has 1 saturated carbocycles. The summed E-state index contributed by atoms with van der Waals surface area (Å²) in [4.78, 5) is 2.59. The Labute approximate surface area is 132 Å². The number of piperidine rings is 1. The molecular weight excluding hydrogens is 272 g/mol. The highest BCUT2D eigenvalue weighted by molar-refractivity contribution is 5.15. The standard InChI is InChI=1S/C18H24N4/c1-2-6-15(7-3-1)12-21-11-5-4-8-17(21)18-20-19-14-22(18)13-16-9-10-16/h1-3,6-7,14,16-17H,4-5,8-13H2/t17-/m0/s1. The zero-order valence-electron chi connectivity index (χ0n) is 13.1. The first-order valence-electron chi connectivity index (χ1n) is 8.56. The van der Waals surface area contributed by atoms with Crippen LogP contribution in [0.3, 0.4) is 0 Å². The van der Waals surface area contributed by atoms with Crippen LogP contribution in [0.1, 0.15) is 49.5 Å². The van der Waals surface area contributed by atoms with Crippen LogP contribution in [0.4, 0.5) is 0 Å². The number of hydrogen-bond donors (Lipinski definition) is 0. The zero-order chi connectivity index (χ0) is 14.8. The second-order valence-corrected chi connectivity index (χ2v) is 6.75. The minimum atomic E-state index is 0.426. The second-order valence-electron chi connectivity index (χ2n) is 6.75. The van der Waals surface area contributed by atoms with Crippen LogP contribution in [0.5, 0.6) is 0 Å². The molecule has 0 bridgehead atoms. The van der Waals surface area contributed by atoms with E-state index in [1.54, 1.807) is 0 Å². The van der Waals surface area contributed by atoms with E-state index in [4.69, 9.17) is 0 Å². The van der Waals surface area contributed by atoms with Crippen LogP contribution in [-0.2, 0) is 13.1 Å². The lowest BCUT2D eigenvalue weighted by Gasteiger charge is -2.35.